The number of hydrogen-bond acceptors (Lipinski definition) is 7. The molecule has 0 aromatic carbocycles. The Morgan fingerprint density at radius 1 is 0.569 bits per heavy atom. The smallest absolute Gasteiger partial charge is 0.165 e. The van der Waals surface area contributed by atoms with E-state index >= 15 is 0 Å². The minimum Gasteiger partial charge on any atom is -0.298 e. The summed E-state index contributed by atoms with van der Waals surface area (Å²) in [7, 11) is -2.47. The van der Waals surface area contributed by atoms with Gasteiger partial charge in [-0.25, -0.2) is 8.42 Å². The molecule has 0 amide bonds. The molecule has 9 heteroatoms. The van der Waals surface area contributed by atoms with E-state index in [4.69, 9.17) is 0 Å². The van der Waals surface area contributed by atoms with Gasteiger partial charge in [0.1, 0.15) is 5.88 Å². The molecule has 5 heterocycles. The van der Waals surface area contributed by atoms with E-state index in [1.165, 1.54) is 62.4 Å². The summed E-state index contributed by atoms with van der Waals surface area (Å²) in [6, 6.07) is 5.55. The molecule has 0 aromatic rings. The number of rotatable bonds is 5. The fraction of sp³-hybridized carbons (Fsp3) is 0.946. The van der Waals surface area contributed by atoms with E-state index in [1.54, 1.807) is 0 Å². The van der Waals surface area contributed by atoms with Crippen molar-refractivity contribution in [2.75, 3.05) is 42.9 Å². The predicted octanol–water partition coefficient (Wildman–Crippen LogP) is 13.8. The highest BCUT2D eigenvalue weighted by Crippen LogP contribution is 2.39. The van der Waals surface area contributed by atoms with E-state index in [9.17, 15) is 8.42 Å². The van der Waals surface area contributed by atoms with Gasteiger partial charge >= 0.3 is 0 Å². The molecule has 5 saturated heterocycles. The van der Waals surface area contributed by atoms with Gasteiger partial charge in [-0.05, 0) is 149 Å². The number of hydrogen-bond donors (Lipinski definition) is 0. The van der Waals surface area contributed by atoms with Gasteiger partial charge in [0, 0.05) is 78.1 Å². The van der Waals surface area contributed by atoms with Crippen molar-refractivity contribution in [3.05, 3.63) is 12.2 Å². The minimum absolute atomic E-state index is 0. The fourth-order valence-corrected chi connectivity index (χ4v) is 15.1. The summed E-state index contributed by atoms with van der Waals surface area (Å²) in [4.78, 5) is 12.6. The third kappa shape index (κ3) is 20.9. The molecule has 0 radical (unpaired) electrons. The summed E-state index contributed by atoms with van der Waals surface area (Å²) in [6.07, 6.45) is 6.75. The molecule has 0 N–H and O–H groups in total. The first kappa shape index (κ1) is 64.7. The Hall–Kier alpha value is -0.290. The zero-order valence-corrected chi connectivity index (χ0v) is 49.2. The Kier molecular flexibility index (Phi) is 25.6. The molecule has 5 fully saturated rings. The monoisotopic (exact) mass is 956 g/mol. The summed E-state index contributed by atoms with van der Waals surface area (Å²) in [5, 5.41) is 0. The van der Waals surface area contributed by atoms with Crippen molar-refractivity contribution < 1.29 is 8.42 Å². The molecule has 65 heavy (non-hydrogen) atoms. The van der Waals surface area contributed by atoms with Crippen LogP contribution in [0.2, 0.25) is 0 Å². The second-order valence-electron chi connectivity index (χ2n) is 27.2. The van der Waals surface area contributed by atoms with E-state index in [0.29, 0.717) is 62.2 Å². The van der Waals surface area contributed by atoms with Crippen LogP contribution in [0, 0.1) is 27.6 Å². The molecule has 0 aromatic heterocycles. The SMILES string of the molecule is C.C=C1CC(C(C)(C)C)N(C(C)C)C1.C=S1CC(C(C)(C)C)N(C(C)C)C1.CC(C)(C)C1CCCN1C(C)(C)C.CC(C)C1CCCN1C(C)C.CC(C)N1CS(=O)(=O)CC1C(C)(C)C. The summed E-state index contributed by atoms with van der Waals surface area (Å²) >= 11 is 0. The first-order valence-corrected chi connectivity index (χ1v) is 29.3. The molecule has 0 aliphatic carbocycles. The van der Waals surface area contributed by atoms with Gasteiger partial charge in [-0.15, -0.1) is 0 Å². The standard InChI is InChI=1S/C12H23N.C12H25N.C11H23NS.C10H21NO2S.C10H21N.CH4/c1-9(2)13-8-10(3)7-11(13)12(4,5)6;1-11(2,3)10-8-7-9-13(10)12(4,5)6;1-9(2)12-8-13(6)7-10(12)11(3,4)5;1-8(2)11-7-14(12,13)6-9(11)10(3,4)5;1-8(2)10-6-5-7-11(10)9(3)4;/h9,11H,3,7-8H2,1-2,4-6H3;10H,7-9H2,1-6H3;9-10H,6-8H2,1-5H3;8-9H,6-7H2,1-5H3;8-10H,5-7H2,1-4H3;1H4. The largest absolute Gasteiger partial charge is 0.298 e. The Balaban J connectivity index is 0.000000786. The van der Waals surface area contributed by atoms with Gasteiger partial charge in [0.15, 0.2) is 9.84 Å². The van der Waals surface area contributed by atoms with Gasteiger partial charge in [0.25, 0.3) is 0 Å². The molecule has 5 rings (SSSR count). The van der Waals surface area contributed by atoms with E-state index in [1.807, 2.05) is 0 Å². The maximum absolute atomic E-state index is 11.6. The number of sulfone groups is 1. The summed E-state index contributed by atoms with van der Waals surface area (Å²) < 4.78 is 23.1. The Morgan fingerprint density at radius 3 is 1.31 bits per heavy atom. The van der Waals surface area contributed by atoms with E-state index in [2.05, 4.69) is 210 Å². The molecule has 7 nitrogen and oxygen atoms in total. The maximum Gasteiger partial charge on any atom is 0.165 e. The normalized spacial score (nSPS) is 27.6. The highest BCUT2D eigenvalue weighted by Gasteiger charge is 2.43. The lowest BCUT2D eigenvalue weighted by Crippen LogP contribution is -2.49. The number of nitrogens with zero attached hydrogens (tertiary/aromatic N) is 5. The van der Waals surface area contributed by atoms with E-state index < -0.39 is 9.84 Å². The molecule has 6 unspecified atom stereocenters. The van der Waals surface area contributed by atoms with Crippen molar-refractivity contribution in [1.29, 1.82) is 0 Å². The average molecular weight is 957 g/mol. The fourth-order valence-electron chi connectivity index (χ4n) is 10.7. The molecule has 5 aliphatic rings. The van der Waals surface area contributed by atoms with E-state index in [-0.39, 0.29) is 24.8 Å². The minimum atomic E-state index is -2.85. The second kappa shape index (κ2) is 25.7. The van der Waals surface area contributed by atoms with Crippen LogP contribution < -0.4 is 0 Å². The zero-order valence-electron chi connectivity index (χ0n) is 47.5. The van der Waals surface area contributed by atoms with Gasteiger partial charge in [0.05, 0.1) is 5.75 Å². The van der Waals surface area contributed by atoms with E-state index in [0.717, 1.165) is 36.6 Å². The van der Waals surface area contributed by atoms with Crippen LogP contribution in [0.15, 0.2) is 12.2 Å². The molecule has 0 bridgehead atoms. The molecule has 5 aliphatic heterocycles. The highest BCUT2D eigenvalue weighted by atomic mass is 32.2. The Morgan fingerprint density at radius 2 is 1.00 bits per heavy atom. The third-order valence-electron chi connectivity index (χ3n) is 14.5. The maximum atomic E-state index is 11.6. The molecule has 0 spiro atoms. The Labute approximate surface area is 412 Å². The van der Waals surface area contributed by atoms with Crippen LogP contribution in [0.25, 0.3) is 0 Å². The lowest BCUT2D eigenvalue weighted by atomic mass is 9.83. The van der Waals surface area contributed by atoms with Crippen molar-refractivity contribution >= 4 is 26.2 Å². The van der Waals surface area contributed by atoms with Gasteiger partial charge in [0.2, 0.25) is 0 Å². The lowest BCUT2D eigenvalue weighted by Gasteiger charge is -2.43. The average Bonchev–Trinajstić information content (AvgIpc) is 3.93. The van der Waals surface area contributed by atoms with Crippen molar-refractivity contribution in [2.45, 2.75) is 273 Å². The molecule has 0 saturated carbocycles. The highest BCUT2D eigenvalue weighted by molar-refractivity contribution is 8.14. The quantitative estimate of drug-likeness (QED) is 0.201. The summed E-state index contributed by atoms with van der Waals surface area (Å²) in [6.45, 7) is 64.7. The van der Waals surface area contributed by atoms with Crippen molar-refractivity contribution in [3.8, 4) is 0 Å². The topological polar surface area (TPSA) is 50.3 Å². The Bertz CT molecular complexity index is 1440. The third-order valence-corrected chi connectivity index (χ3v) is 17.4. The summed E-state index contributed by atoms with van der Waals surface area (Å²) in [5.74, 6) is 8.10. The van der Waals surface area contributed by atoms with Gasteiger partial charge in [-0.3, -0.25) is 24.5 Å². The van der Waals surface area contributed by atoms with Gasteiger partial charge in [-0.2, -0.15) is 10.5 Å². The van der Waals surface area contributed by atoms with Crippen molar-refractivity contribution in [2.24, 2.45) is 27.6 Å². The van der Waals surface area contributed by atoms with Crippen LogP contribution in [0.5, 0.6) is 0 Å². The lowest BCUT2D eigenvalue weighted by molar-refractivity contribution is 0.0582. The molecular formula is C56H117N5O2S2. The first-order chi connectivity index (χ1) is 28.6. The molecular weight excluding hydrogens is 839 g/mol. The number of likely N-dealkylation sites (tertiary alicyclic amines) is 3. The zero-order chi connectivity index (χ0) is 50.3. The van der Waals surface area contributed by atoms with Crippen molar-refractivity contribution in [3.63, 3.8) is 0 Å². The predicted molar refractivity (Wildman–Crippen MR) is 298 cm³/mol. The van der Waals surface area contributed by atoms with Crippen LogP contribution in [0.1, 0.15) is 213 Å². The first-order valence-electron chi connectivity index (χ1n) is 25.8. The van der Waals surface area contributed by atoms with Crippen molar-refractivity contribution in [1.82, 2.24) is 24.5 Å². The van der Waals surface area contributed by atoms with Crippen LogP contribution in [0.3, 0.4) is 0 Å². The summed E-state index contributed by atoms with van der Waals surface area (Å²) in [5.41, 5.74) is 2.99. The van der Waals surface area contributed by atoms with Gasteiger partial charge < -0.3 is 0 Å². The second-order valence-corrected chi connectivity index (χ2v) is 31.1. The molecule has 390 valence electrons. The van der Waals surface area contributed by atoms with Crippen LogP contribution in [-0.4, -0.2) is 142 Å². The van der Waals surface area contributed by atoms with Crippen LogP contribution in [0.4, 0.5) is 0 Å². The van der Waals surface area contributed by atoms with Gasteiger partial charge in [-0.1, -0.05) is 122 Å². The molecule has 6 atom stereocenters. The van der Waals surface area contributed by atoms with Crippen LogP contribution in [-0.2, 0) is 9.84 Å². The van der Waals surface area contributed by atoms with Crippen LogP contribution >= 0.6 is 10.5 Å².